The molecule has 0 radical (unpaired) electrons. The number of halogens is 4. The minimum atomic E-state index is -2.31. The minimum absolute atomic E-state index is 0.595. The molecule has 0 aromatic carbocycles. The first-order valence-corrected chi connectivity index (χ1v) is 3.00. The smallest absolute Gasteiger partial charge is 0.331 e. The van der Waals surface area contributed by atoms with Crippen LogP contribution in [-0.4, -0.2) is 29.4 Å². The van der Waals surface area contributed by atoms with Crippen LogP contribution in [-0.2, 0) is 9.53 Å². The van der Waals surface area contributed by atoms with Crippen LogP contribution in [0.5, 0.6) is 0 Å². The molecule has 0 aliphatic carbocycles. The van der Waals surface area contributed by atoms with Crippen LogP contribution in [0.25, 0.3) is 0 Å². The molecule has 0 fully saturated rings. The van der Waals surface area contributed by atoms with E-state index in [0.717, 1.165) is 0 Å². The van der Waals surface area contributed by atoms with Crippen molar-refractivity contribution in [2.45, 2.75) is 6.23 Å². The Hall–Kier alpha value is -1.15. The van der Waals surface area contributed by atoms with Crippen molar-refractivity contribution in [3.63, 3.8) is 0 Å². The average molecular weight is 202 g/mol. The summed E-state index contributed by atoms with van der Waals surface area (Å²) in [5.41, 5.74) is 0. The second-order valence-electron chi connectivity index (χ2n) is 1.84. The third-order valence-corrected chi connectivity index (χ3v) is 0.931. The van der Waals surface area contributed by atoms with Crippen molar-refractivity contribution < 1.29 is 27.5 Å². The lowest BCUT2D eigenvalue weighted by Gasteiger charge is -2.15. The van der Waals surface area contributed by atoms with Gasteiger partial charge in [0, 0.05) is 11.4 Å². The molecule has 0 aliphatic rings. The van der Waals surface area contributed by atoms with Crippen LogP contribution in [0.1, 0.15) is 0 Å². The summed E-state index contributed by atoms with van der Waals surface area (Å²) in [7, 11) is 0. The molecule has 13 heavy (non-hydrogen) atoms. The highest BCUT2D eigenvalue weighted by Gasteiger charge is 2.25. The number of esters is 1. The predicted octanol–water partition coefficient (Wildman–Crippen LogP) is 1.18. The summed E-state index contributed by atoms with van der Waals surface area (Å²) in [6.07, 6.45) is -1.71. The lowest BCUT2D eigenvalue weighted by atomic mass is 10.5. The number of ether oxygens (including phenoxy) is 1. The lowest BCUT2D eigenvalue weighted by molar-refractivity contribution is -0.285. The number of carbonyl (C=O) groups is 1. The molecule has 0 saturated heterocycles. The van der Waals surface area contributed by atoms with E-state index in [1.54, 1.807) is 0 Å². The van der Waals surface area contributed by atoms with Gasteiger partial charge in [0.05, 0.1) is 5.34 Å². The fraction of sp³-hybridized carbons (Fsp3) is 0.400. The largest absolute Gasteiger partial charge is 0.436 e. The minimum Gasteiger partial charge on any atom is -0.436 e. The molecule has 76 valence electrons. The van der Waals surface area contributed by atoms with Gasteiger partial charge in [-0.3, -0.25) is 0 Å². The normalized spacial score (nSPS) is 13.1. The molecule has 0 rings (SSSR count). The van der Waals surface area contributed by atoms with Crippen LogP contribution in [0.3, 0.4) is 0 Å². The summed E-state index contributed by atoms with van der Waals surface area (Å²) < 4.78 is 50.2. The Bertz CT molecular complexity index is 187. The van der Waals surface area contributed by atoms with E-state index >= 15 is 0 Å². The van der Waals surface area contributed by atoms with Crippen molar-refractivity contribution in [3.8, 4) is 0 Å². The number of rotatable bonds is 5. The van der Waals surface area contributed by atoms with Crippen molar-refractivity contribution in [1.29, 1.82) is 0 Å². The van der Waals surface area contributed by atoms with Gasteiger partial charge < -0.3 is 4.74 Å². The van der Waals surface area contributed by atoms with E-state index in [4.69, 9.17) is 0 Å². The van der Waals surface area contributed by atoms with Crippen LogP contribution in [0.4, 0.5) is 17.9 Å². The van der Waals surface area contributed by atoms with Crippen molar-refractivity contribution >= 4 is 5.97 Å². The van der Waals surface area contributed by atoms with Crippen LogP contribution in [0, 0.1) is 0 Å². The molecule has 1 unspecified atom stereocenters. The van der Waals surface area contributed by atoms with Gasteiger partial charge in [0.2, 0.25) is 6.23 Å². The first kappa shape index (κ1) is 11.8. The Morgan fingerprint density at radius 1 is 1.46 bits per heavy atom. The van der Waals surface area contributed by atoms with Gasteiger partial charge in [-0.25, -0.2) is 4.79 Å². The van der Waals surface area contributed by atoms with Gasteiger partial charge in [0.25, 0.3) is 0 Å². The third kappa shape index (κ3) is 5.15. The molecule has 0 amide bonds. The number of hydrogen-bond acceptors (Lipinski definition) is 4. The molecule has 0 aromatic rings. The van der Waals surface area contributed by atoms with Gasteiger partial charge in [0.15, 0.2) is 0 Å². The van der Waals surface area contributed by atoms with Gasteiger partial charge in [-0.15, -0.1) is 8.96 Å². The van der Waals surface area contributed by atoms with Crippen LogP contribution in [0.2, 0.25) is 0 Å². The van der Waals surface area contributed by atoms with Crippen molar-refractivity contribution in [1.82, 2.24) is 10.7 Å². The molecule has 8 heteroatoms. The molecule has 0 saturated carbocycles. The number of carbonyl (C=O) groups excluding carboxylic acids is 1. The van der Waals surface area contributed by atoms with Crippen LogP contribution >= 0.6 is 0 Å². The fourth-order valence-electron chi connectivity index (χ4n) is 0.439. The highest BCUT2D eigenvalue weighted by molar-refractivity contribution is 5.81. The van der Waals surface area contributed by atoms with E-state index in [-0.39, 0.29) is 0 Å². The van der Waals surface area contributed by atoms with Crippen molar-refractivity contribution in [2.24, 2.45) is 0 Å². The number of hydrogen-bond donors (Lipinski definition) is 0. The fourth-order valence-corrected chi connectivity index (χ4v) is 0.439. The van der Waals surface area contributed by atoms with Crippen molar-refractivity contribution in [3.05, 3.63) is 12.7 Å². The maximum absolute atomic E-state index is 11.7. The molecule has 4 nitrogen and oxygen atoms in total. The van der Waals surface area contributed by atoms with Gasteiger partial charge in [-0.1, -0.05) is 15.5 Å². The maximum Gasteiger partial charge on any atom is 0.331 e. The number of nitrogens with zero attached hydrogens (tertiary/aromatic N) is 2. The summed E-state index contributed by atoms with van der Waals surface area (Å²) in [4.78, 5) is 10.3. The summed E-state index contributed by atoms with van der Waals surface area (Å²) >= 11 is 0. The van der Waals surface area contributed by atoms with Gasteiger partial charge in [-0.05, 0) is 0 Å². The van der Waals surface area contributed by atoms with E-state index in [2.05, 4.69) is 11.3 Å². The molecule has 0 aromatic heterocycles. The monoisotopic (exact) mass is 202 g/mol. The predicted molar refractivity (Wildman–Crippen MR) is 33.1 cm³/mol. The third-order valence-electron chi connectivity index (χ3n) is 0.931. The summed E-state index contributed by atoms with van der Waals surface area (Å²) in [5, 5.41) is -3.15. The standard InChI is InChI=1S/C5H6F4N2O2/c1-2-5(12)13-4(11(8)9)3-10(6)7/h2,4H,1,3H2. The molecule has 0 heterocycles. The Labute approximate surface area is 70.7 Å². The van der Waals surface area contributed by atoms with E-state index in [1.807, 2.05) is 0 Å². The Morgan fingerprint density at radius 3 is 2.31 bits per heavy atom. The Morgan fingerprint density at radius 2 is 2.00 bits per heavy atom. The Balaban J connectivity index is 4.09. The Kier molecular flexibility index (Phi) is 5.00. The summed E-state index contributed by atoms with van der Waals surface area (Å²) in [6, 6.07) is 0. The second-order valence-corrected chi connectivity index (χ2v) is 1.84. The SMILES string of the molecule is C=CC(=O)OC(CN(F)F)N(F)F. The first-order chi connectivity index (χ1) is 5.97. The zero-order chi connectivity index (χ0) is 10.4. The van der Waals surface area contributed by atoms with Crippen LogP contribution in [0.15, 0.2) is 12.7 Å². The van der Waals surface area contributed by atoms with Crippen LogP contribution < -0.4 is 0 Å². The molecule has 0 N–H and O–H groups in total. The summed E-state index contributed by atoms with van der Waals surface area (Å²) in [5.74, 6) is -1.20. The average Bonchev–Trinajstić information content (AvgIpc) is 2.02. The van der Waals surface area contributed by atoms with E-state index in [9.17, 15) is 22.7 Å². The summed E-state index contributed by atoms with van der Waals surface area (Å²) in [6.45, 7) is 1.50. The van der Waals surface area contributed by atoms with Gasteiger partial charge in [0.1, 0.15) is 6.54 Å². The topological polar surface area (TPSA) is 32.8 Å². The molecular weight excluding hydrogens is 196 g/mol. The molecule has 0 aliphatic heterocycles. The molecule has 0 bridgehead atoms. The van der Waals surface area contributed by atoms with E-state index < -0.39 is 29.4 Å². The lowest BCUT2D eigenvalue weighted by Crippen LogP contribution is -2.34. The quantitative estimate of drug-likeness (QED) is 0.220. The highest BCUT2D eigenvalue weighted by atomic mass is 19.4. The maximum atomic E-state index is 11.7. The van der Waals surface area contributed by atoms with Crippen molar-refractivity contribution in [2.75, 3.05) is 6.54 Å². The zero-order valence-electron chi connectivity index (χ0n) is 6.29. The first-order valence-electron chi connectivity index (χ1n) is 3.00. The second kappa shape index (κ2) is 5.49. The molecule has 1 atom stereocenters. The van der Waals surface area contributed by atoms with E-state index in [0.29, 0.717) is 6.08 Å². The highest BCUT2D eigenvalue weighted by Crippen LogP contribution is 2.07. The van der Waals surface area contributed by atoms with Gasteiger partial charge >= 0.3 is 5.97 Å². The zero-order valence-corrected chi connectivity index (χ0v) is 6.29. The van der Waals surface area contributed by atoms with E-state index in [1.165, 1.54) is 0 Å². The molecule has 0 spiro atoms. The molecular formula is C5H6F4N2O2. The van der Waals surface area contributed by atoms with Gasteiger partial charge in [-0.2, -0.15) is 0 Å².